The van der Waals surface area contributed by atoms with Crippen LogP contribution in [0.15, 0.2) is 60.7 Å². The fourth-order valence-corrected chi connectivity index (χ4v) is 5.20. The molecule has 3 aromatic carbocycles. The summed E-state index contributed by atoms with van der Waals surface area (Å²) in [6, 6.07) is 17.5. The molecular formula is C29H30FNO3. The zero-order chi connectivity index (χ0) is 23.8. The van der Waals surface area contributed by atoms with E-state index in [9.17, 15) is 10.2 Å². The Hall–Kier alpha value is -3.31. The second kappa shape index (κ2) is 9.15. The largest absolute Gasteiger partial charge is 0.508 e. The zero-order valence-corrected chi connectivity index (χ0v) is 19.6. The Bertz CT molecular complexity index is 1230. The Morgan fingerprint density at radius 3 is 2.41 bits per heavy atom. The molecule has 0 spiro atoms. The van der Waals surface area contributed by atoms with Crippen LogP contribution >= 0.6 is 0 Å². The molecule has 5 heteroatoms. The number of phenols is 2. The van der Waals surface area contributed by atoms with Gasteiger partial charge in [0.05, 0.1) is 0 Å². The first kappa shape index (κ1) is 22.5. The highest BCUT2D eigenvalue weighted by molar-refractivity contribution is 5.95. The van der Waals surface area contributed by atoms with E-state index in [1.54, 1.807) is 30.3 Å². The lowest BCUT2D eigenvalue weighted by Gasteiger charge is -2.39. The van der Waals surface area contributed by atoms with Crippen LogP contribution in [0.4, 0.5) is 4.39 Å². The Morgan fingerprint density at radius 1 is 0.971 bits per heavy atom. The summed E-state index contributed by atoms with van der Waals surface area (Å²) in [4.78, 5) is 2.41. The Morgan fingerprint density at radius 2 is 1.71 bits per heavy atom. The molecule has 2 aliphatic heterocycles. The first-order valence-corrected chi connectivity index (χ1v) is 11.9. The lowest BCUT2D eigenvalue weighted by molar-refractivity contribution is 0.100. The third-order valence-electron chi connectivity index (χ3n) is 6.92. The van der Waals surface area contributed by atoms with E-state index >= 15 is 4.39 Å². The minimum atomic E-state index is -0.536. The quantitative estimate of drug-likeness (QED) is 0.462. The highest BCUT2D eigenvalue weighted by atomic mass is 19.1. The van der Waals surface area contributed by atoms with Crippen molar-refractivity contribution in [2.75, 3.05) is 19.6 Å². The maximum absolute atomic E-state index is 15.3. The minimum Gasteiger partial charge on any atom is -0.508 e. The summed E-state index contributed by atoms with van der Waals surface area (Å²) in [5.74, 6) is 1.17. The number of fused-ring (bicyclic) bond motifs is 1. The molecule has 4 nitrogen and oxygen atoms in total. The second-order valence-corrected chi connectivity index (χ2v) is 9.44. The number of likely N-dealkylation sites (tertiary alicyclic amines) is 1. The number of hydrogen-bond donors (Lipinski definition) is 2. The van der Waals surface area contributed by atoms with Crippen molar-refractivity contribution in [3.8, 4) is 17.2 Å². The average Bonchev–Trinajstić information content (AvgIpc) is 2.79. The number of benzene rings is 3. The third-order valence-corrected chi connectivity index (χ3v) is 6.92. The number of halogens is 1. The average molecular weight is 460 g/mol. The predicted octanol–water partition coefficient (Wildman–Crippen LogP) is 6.19. The van der Waals surface area contributed by atoms with Crippen molar-refractivity contribution in [1.82, 2.24) is 4.90 Å². The first-order chi connectivity index (χ1) is 16.4. The molecule has 3 aromatic rings. The molecule has 0 radical (unpaired) electrons. The van der Waals surface area contributed by atoms with Crippen molar-refractivity contribution in [3.63, 3.8) is 0 Å². The van der Waals surface area contributed by atoms with E-state index in [4.69, 9.17) is 4.74 Å². The molecule has 0 unspecified atom stereocenters. The van der Waals surface area contributed by atoms with Crippen molar-refractivity contribution >= 4 is 11.1 Å². The molecule has 2 aliphatic rings. The van der Waals surface area contributed by atoms with E-state index in [2.05, 4.69) is 11.8 Å². The predicted molar refractivity (Wildman–Crippen MR) is 132 cm³/mol. The van der Waals surface area contributed by atoms with Crippen LogP contribution in [-0.4, -0.2) is 34.7 Å². The van der Waals surface area contributed by atoms with Gasteiger partial charge in [-0.15, -0.1) is 0 Å². The number of allylic oxidation sites excluding steroid dienone is 1. The molecule has 0 aromatic heterocycles. The van der Waals surface area contributed by atoms with Crippen molar-refractivity contribution in [3.05, 3.63) is 88.7 Å². The van der Waals surface area contributed by atoms with Gasteiger partial charge in [0.15, 0.2) is 0 Å². The third kappa shape index (κ3) is 4.28. The summed E-state index contributed by atoms with van der Waals surface area (Å²) in [6.45, 7) is 7.38. The van der Waals surface area contributed by atoms with Crippen LogP contribution in [0, 0.1) is 11.7 Å². The van der Waals surface area contributed by atoms with Crippen molar-refractivity contribution < 1.29 is 19.3 Å². The fraction of sp³-hybridized carbons (Fsp3) is 0.310. The molecular weight excluding hydrogens is 429 g/mol. The van der Waals surface area contributed by atoms with E-state index < -0.39 is 6.10 Å². The molecule has 1 fully saturated rings. The molecule has 2 heterocycles. The van der Waals surface area contributed by atoms with Crippen molar-refractivity contribution in [2.24, 2.45) is 5.92 Å². The van der Waals surface area contributed by atoms with E-state index in [0.717, 1.165) is 65.9 Å². The molecule has 5 rings (SSSR count). The van der Waals surface area contributed by atoms with Gasteiger partial charge in [0.25, 0.3) is 0 Å². The SMILES string of the molecule is CCCN1CC(Cc2ccc([C@@H]3Oc4cc(O)ccc4C(C)=C3c3ccc(O)cc3)cc2F)C1. The molecule has 0 saturated carbocycles. The fourth-order valence-electron chi connectivity index (χ4n) is 5.20. The number of nitrogens with zero attached hydrogens (tertiary/aromatic N) is 1. The molecule has 0 aliphatic carbocycles. The van der Waals surface area contributed by atoms with Gasteiger partial charge >= 0.3 is 0 Å². The van der Waals surface area contributed by atoms with Crippen LogP contribution in [0.25, 0.3) is 11.1 Å². The van der Waals surface area contributed by atoms with Crippen molar-refractivity contribution in [2.45, 2.75) is 32.8 Å². The van der Waals surface area contributed by atoms with Gasteiger partial charge in [0.2, 0.25) is 0 Å². The summed E-state index contributed by atoms with van der Waals surface area (Å²) < 4.78 is 21.6. The Balaban J connectivity index is 1.48. The van der Waals surface area contributed by atoms with Gasteiger partial charge in [-0.1, -0.05) is 31.2 Å². The first-order valence-electron chi connectivity index (χ1n) is 11.9. The lowest BCUT2D eigenvalue weighted by atomic mass is 9.85. The summed E-state index contributed by atoms with van der Waals surface area (Å²) in [6.07, 6.45) is 1.36. The highest BCUT2D eigenvalue weighted by Gasteiger charge is 2.31. The summed E-state index contributed by atoms with van der Waals surface area (Å²) in [7, 11) is 0. The van der Waals surface area contributed by atoms with Gasteiger partial charge in [0.1, 0.15) is 29.2 Å². The molecule has 0 amide bonds. The van der Waals surface area contributed by atoms with Gasteiger partial charge in [-0.3, -0.25) is 0 Å². The number of rotatable bonds is 6. The van der Waals surface area contributed by atoms with Crippen molar-refractivity contribution in [1.29, 1.82) is 0 Å². The molecule has 1 saturated heterocycles. The van der Waals surface area contributed by atoms with Crippen LogP contribution in [0.3, 0.4) is 0 Å². The second-order valence-electron chi connectivity index (χ2n) is 9.44. The standard InChI is InChI=1S/C29H30FNO3/c1-3-12-31-16-19(17-31)13-21-4-5-22(14-26(21)30)29-28(20-6-8-23(32)9-7-20)18(2)25-11-10-24(33)15-27(25)34-29/h4-11,14-15,19,29,32-33H,3,12-13,16-17H2,1-2H3/t29-/m0/s1. The van der Waals surface area contributed by atoms with Crippen LogP contribution in [-0.2, 0) is 6.42 Å². The molecule has 0 bridgehead atoms. The van der Waals surface area contributed by atoms with Crippen LogP contribution in [0.1, 0.15) is 48.6 Å². The number of aromatic hydroxyl groups is 2. The van der Waals surface area contributed by atoms with Gasteiger partial charge in [0, 0.05) is 30.3 Å². The summed E-state index contributed by atoms with van der Waals surface area (Å²) in [5, 5.41) is 19.8. The topological polar surface area (TPSA) is 52.9 Å². The molecule has 176 valence electrons. The monoisotopic (exact) mass is 459 g/mol. The summed E-state index contributed by atoms with van der Waals surface area (Å²) in [5.41, 5.74) is 5.15. The maximum atomic E-state index is 15.3. The van der Waals surface area contributed by atoms with E-state index in [-0.39, 0.29) is 17.3 Å². The normalized spacial score (nSPS) is 18.4. The van der Waals surface area contributed by atoms with Gasteiger partial charge in [-0.05, 0) is 84.8 Å². The van der Waals surface area contributed by atoms with E-state index in [1.165, 1.54) is 0 Å². The lowest BCUT2D eigenvalue weighted by Crippen LogP contribution is -2.47. The maximum Gasteiger partial charge on any atom is 0.150 e. The minimum absolute atomic E-state index is 0.123. The van der Waals surface area contributed by atoms with Crippen LogP contribution < -0.4 is 4.74 Å². The smallest absolute Gasteiger partial charge is 0.150 e. The van der Waals surface area contributed by atoms with Crippen LogP contribution in [0.5, 0.6) is 17.2 Å². The Labute approximate surface area is 199 Å². The summed E-state index contributed by atoms with van der Waals surface area (Å²) >= 11 is 0. The molecule has 1 atom stereocenters. The zero-order valence-electron chi connectivity index (χ0n) is 19.6. The van der Waals surface area contributed by atoms with Gasteiger partial charge < -0.3 is 19.8 Å². The molecule has 34 heavy (non-hydrogen) atoms. The number of ether oxygens (including phenoxy) is 1. The van der Waals surface area contributed by atoms with E-state index in [0.29, 0.717) is 11.7 Å². The number of phenolic OH excluding ortho intramolecular Hbond substituents is 2. The van der Waals surface area contributed by atoms with E-state index in [1.807, 2.05) is 37.3 Å². The molecule has 2 N–H and O–H groups in total. The Kier molecular flexibility index (Phi) is 6.05. The highest BCUT2D eigenvalue weighted by Crippen LogP contribution is 2.47. The van der Waals surface area contributed by atoms with Crippen LogP contribution in [0.2, 0.25) is 0 Å². The van der Waals surface area contributed by atoms with Gasteiger partial charge in [-0.2, -0.15) is 0 Å². The number of hydrogen-bond acceptors (Lipinski definition) is 4. The van der Waals surface area contributed by atoms with Gasteiger partial charge in [-0.25, -0.2) is 4.39 Å².